The summed E-state index contributed by atoms with van der Waals surface area (Å²) >= 11 is 0. The van der Waals surface area contributed by atoms with Gasteiger partial charge >= 0.3 is 0 Å². The molecule has 0 unspecified atom stereocenters. The van der Waals surface area contributed by atoms with Gasteiger partial charge in [-0.3, -0.25) is 14.6 Å². The highest BCUT2D eigenvalue weighted by atomic mass is 19.1. The highest BCUT2D eigenvalue weighted by Gasteiger charge is 2.58. The number of likely N-dealkylation sites (tertiary alicyclic amines) is 1. The Balaban J connectivity index is 1.53. The molecule has 1 saturated heterocycles. The fourth-order valence-corrected chi connectivity index (χ4v) is 4.40. The van der Waals surface area contributed by atoms with E-state index < -0.39 is 17.2 Å². The molecule has 2 aliphatic heterocycles. The Morgan fingerprint density at radius 1 is 1.28 bits per heavy atom. The summed E-state index contributed by atoms with van der Waals surface area (Å²) in [5, 5.41) is 13.1. The number of carbonyl (C=O) groups is 2. The number of halogens is 1. The van der Waals surface area contributed by atoms with Crippen LogP contribution in [0.4, 0.5) is 10.1 Å². The van der Waals surface area contributed by atoms with Crippen LogP contribution < -0.4 is 5.32 Å². The van der Waals surface area contributed by atoms with E-state index in [1.807, 2.05) is 18.2 Å². The highest BCUT2D eigenvalue weighted by molar-refractivity contribution is 6.08. The largest absolute Gasteiger partial charge is 0.336 e. The Bertz CT molecular complexity index is 1230. The lowest BCUT2D eigenvalue weighted by atomic mass is 9.74. The van der Waals surface area contributed by atoms with Crippen molar-refractivity contribution in [3.8, 4) is 6.07 Å². The summed E-state index contributed by atoms with van der Waals surface area (Å²) < 4.78 is 13.5. The van der Waals surface area contributed by atoms with Gasteiger partial charge in [-0.05, 0) is 35.9 Å². The minimum atomic E-state index is -1.09. The number of anilines is 1. The van der Waals surface area contributed by atoms with Gasteiger partial charge in [0.05, 0.1) is 23.1 Å². The fraction of sp³-hybridized carbons (Fsp3) is 0.182. The molecule has 0 bridgehead atoms. The van der Waals surface area contributed by atoms with Gasteiger partial charge in [0, 0.05) is 30.4 Å². The van der Waals surface area contributed by atoms with E-state index in [9.17, 15) is 19.2 Å². The van der Waals surface area contributed by atoms with Crippen LogP contribution in [0.15, 0.2) is 54.7 Å². The number of rotatable bonds is 1. The molecule has 2 atom stereocenters. The normalized spacial score (nSPS) is 22.6. The average Bonchev–Trinajstić information content (AvgIpc) is 3.26. The SMILES string of the molecule is N#C[C@@H]1CN(C(=O)c2cnc3ccc(F)cc3c2)C[C@@]12C(=O)Nc1ccccc12. The topological polar surface area (TPSA) is 86.1 Å². The second-order valence-corrected chi connectivity index (χ2v) is 7.40. The Morgan fingerprint density at radius 3 is 2.93 bits per heavy atom. The number of nitrogens with one attached hydrogen (secondary N) is 1. The van der Waals surface area contributed by atoms with Crippen molar-refractivity contribution in [1.29, 1.82) is 5.26 Å². The quantitative estimate of drug-likeness (QED) is 0.697. The Kier molecular flexibility index (Phi) is 3.65. The zero-order valence-electron chi connectivity index (χ0n) is 15.2. The second kappa shape index (κ2) is 6.11. The lowest BCUT2D eigenvalue weighted by molar-refractivity contribution is -0.121. The number of carbonyl (C=O) groups excluding carboxylic acids is 2. The van der Waals surface area contributed by atoms with E-state index in [2.05, 4.69) is 16.4 Å². The molecular formula is C22H15FN4O2. The standard InChI is InChI=1S/C22H15FN4O2/c23-16-5-6-18-13(8-16)7-14(10-25-18)20(28)27-11-15(9-24)22(12-27)17-3-1-2-4-19(17)26-21(22)29/h1-8,10,15H,11-12H2,(H,26,29)/t15-,22-/m1/s1. The van der Waals surface area contributed by atoms with Crippen molar-refractivity contribution in [3.05, 3.63) is 71.7 Å². The molecule has 3 aromatic rings. The van der Waals surface area contributed by atoms with E-state index in [1.54, 1.807) is 18.2 Å². The van der Waals surface area contributed by atoms with E-state index in [0.29, 0.717) is 22.2 Å². The number of pyridine rings is 1. The van der Waals surface area contributed by atoms with Gasteiger partial charge in [-0.15, -0.1) is 0 Å². The number of nitriles is 1. The molecule has 2 aromatic carbocycles. The van der Waals surface area contributed by atoms with Crippen LogP contribution in [-0.2, 0) is 10.2 Å². The van der Waals surface area contributed by atoms with Crippen LogP contribution in [0.25, 0.3) is 10.9 Å². The molecule has 29 heavy (non-hydrogen) atoms. The summed E-state index contributed by atoms with van der Waals surface area (Å²) in [6.07, 6.45) is 1.44. The summed E-state index contributed by atoms with van der Waals surface area (Å²) in [6.45, 7) is 0.242. The van der Waals surface area contributed by atoms with Crippen LogP contribution in [0.5, 0.6) is 0 Å². The van der Waals surface area contributed by atoms with Crippen LogP contribution in [0, 0.1) is 23.1 Å². The highest BCUT2D eigenvalue weighted by Crippen LogP contribution is 2.47. The number of fused-ring (bicyclic) bond motifs is 3. The van der Waals surface area contributed by atoms with Gasteiger partial charge in [-0.1, -0.05) is 18.2 Å². The molecule has 142 valence electrons. The van der Waals surface area contributed by atoms with E-state index in [1.165, 1.54) is 23.2 Å². The first kappa shape index (κ1) is 17.3. The molecule has 0 aliphatic carbocycles. The summed E-state index contributed by atoms with van der Waals surface area (Å²) in [7, 11) is 0. The molecule has 1 aromatic heterocycles. The molecule has 0 radical (unpaired) electrons. The summed E-state index contributed by atoms with van der Waals surface area (Å²) in [5.41, 5.74) is 1.21. The number of hydrogen-bond donors (Lipinski definition) is 1. The first-order valence-corrected chi connectivity index (χ1v) is 9.18. The van der Waals surface area contributed by atoms with Gasteiger partial charge in [0.2, 0.25) is 5.91 Å². The Hall–Kier alpha value is -3.79. The number of hydrogen-bond acceptors (Lipinski definition) is 4. The van der Waals surface area contributed by atoms with Crippen molar-refractivity contribution in [2.24, 2.45) is 5.92 Å². The molecule has 2 amide bonds. The van der Waals surface area contributed by atoms with Gasteiger partial charge in [0.25, 0.3) is 5.91 Å². The molecule has 5 rings (SSSR count). The van der Waals surface area contributed by atoms with Crippen molar-refractivity contribution in [1.82, 2.24) is 9.88 Å². The molecule has 7 heteroatoms. The van der Waals surface area contributed by atoms with E-state index in [-0.39, 0.29) is 24.9 Å². The van der Waals surface area contributed by atoms with Crippen molar-refractivity contribution in [2.75, 3.05) is 18.4 Å². The second-order valence-electron chi connectivity index (χ2n) is 7.40. The molecule has 1 spiro atoms. The molecule has 1 N–H and O–H groups in total. The maximum atomic E-state index is 13.5. The van der Waals surface area contributed by atoms with E-state index in [0.717, 1.165) is 5.56 Å². The predicted octanol–water partition coefficient (Wildman–Crippen LogP) is 2.86. The van der Waals surface area contributed by atoms with Crippen molar-refractivity contribution in [3.63, 3.8) is 0 Å². The maximum absolute atomic E-state index is 13.5. The first-order chi connectivity index (χ1) is 14.0. The maximum Gasteiger partial charge on any atom is 0.255 e. The smallest absolute Gasteiger partial charge is 0.255 e. The lowest BCUT2D eigenvalue weighted by Crippen LogP contribution is -2.42. The molecule has 1 fully saturated rings. The molecule has 3 heterocycles. The zero-order valence-corrected chi connectivity index (χ0v) is 15.2. The minimum absolute atomic E-state index is 0.105. The van der Waals surface area contributed by atoms with Crippen LogP contribution >= 0.6 is 0 Å². The summed E-state index contributed by atoms with van der Waals surface area (Å²) in [5.74, 6) is -1.68. The number of para-hydroxylation sites is 1. The van der Waals surface area contributed by atoms with Gasteiger partial charge in [0.15, 0.2) is 0 Å². The molecule has 2 aliphatic rings. The van der Waals surface area contributed by atoms with Gasteiger partial charge in [0.1, 0.15) is 11.2 Å². The number of aromatic nitrogens is 1. The minimum Gasteiger partial charge on any atom is -0.336 e. The molecule has 6 nitrogen and oxygen atoms in total. The van der Waals surface area contributed by atoms with E-state index in [4.69, 9.17) is 0 Å². The fourth-order valence-electron chi connectivity index (χ4n) is 4.40. The third-order valence-corrected chi connectivity index (χ3v) is 5.83. The number of benzene rings is 2. The Morgan fingerprint density at radius 2 is 2.10 bits per heavy atom. The zero-order chi connectivity index (χ0) is 20.2. The molecule has 0 saturated carbocycles. The van der Waals surface area contributed by atoms with Crippen LogP contribution in [-0.4, -0.2) is 34.8 Å². The van der Waals surface area contributed by atoms with Crippen LogP contribution in [0.1, 0.15) is 15.9 Å². The van der Waals surface area contributed by atoms with Crippen molar-refractivity contribution in [2.45, 2.75) is 5.41 Å². The Labute approximate surface area is 165 Å². The van der Waals surface area contributed by atoms with E-state index >= 15 is 0 Å². The van der Waals surface area contributed by atoms with Gasteiger partial charge in [-0.2, -0.15) is 5.26 Å². The number of amides is 2. The molecular weight excluding hydrogens is 371 g/mol. The van der Waals surface area contributed by atoms with Crippen LogP contribution in [0.3, 0.4) is 0 Å². The monoisotopic (exact) mass is 386 g/mol. The predicted molar refractivity (Wildman–Crippen MR) is 103 cm³/mol. The first-order valence-electron chi connectivity index (χ1n) is 9.18. The average molecular weight is 386 g/mol. The van der Waals surface area contributed by atoms with Crippen molar-refractivity contribution < 1.29 is 14.0 Å². The lowest BCUT2D eigenvalue weighted by Gasteiger charge is -2.24. The summed E-state index contributed by atoms with van der Waals surface area (Å²) in [4.78, 5) is 31.8. The van der Waals surface area contributed by atoms with Gasteiger partial charge in [-0.25, -0.2) is 4.39 Å². The van der Waals surface area contributed by atoms with Gasteiger partial charge < -0.3 is 10.2 Å². The third-order valence-electron chi connectivity index (χ3n) is 5.83. The van der Waals surface area contributed by atoms with Crippen LogP contribution in [0.2, 0.25) is 0 Å². The third kappa shape index (κ3) is 2.42. The van der Waals surface area contributed by atoms with Crippen molar-refractivity contribution >= 4 is 28.4 Å². The number of nitrogens with zero attached hydrogens (tertiary/aromatic N) is 3. The summed E-state index contributed by atoms with van der Waals surface area (Å²) in [6, 6.07) is 15.3.